The van der Waals surface area contributed by atoms with Crippen molar-refractivity contribution in [3.63, 3.8) is 0 Å². The summed E-state index contributed by atoms with van der Waals surface area (Å²) in [4.78, 5) is 21.4. The number of carbonyl (C=O) groups excluding carboxylic acids is 1. The van der Waals surface area contributed by atoms with Gasteiger partial charge in [-0.05, 0) is 25.0 Å². The van der Waals surface area contributed by atoms with Crippen LogP contribution in [-0.2, 0) is 4.79 Å². The van der Waals surface area contributed by atoms with Crippen molar-refractivity contribution in [3.8, 4) is 0 Å². The average Bonchev–Trinajstić information content (AvgIpc) is 3.21. The summed E-state index contributed by atoms with van der Waals surface area (Å²) >= 11 is 1.92. The maximum Gasteiger partial charge on any atom is 0.299 e. The lowest BCUT2D eigenvalue weighted by molar-refractivity contribution is -0.132. The smallest absolute Gasteiger partial charge is 0.299 e. The van der Waals surface area contributed by atoms with Crippen LogP contribution in [0.1, 0.15) is 12.8 Å². The molecule has 22 heavy (non-hydrogen) atoms. The second-order valence-corrected chi connectivity index (χ2v) is 6.98. The van der Waals surface area contributed by atoms with Crippen LogP contribution in [0.2, 0.25) is 0 Å². The Balaban J connectivity index is 1.58. The lowest BCUT2D eigenvalue weighted by Crippen LogP contribution is -2.48. The number of aromatic nitrogens is 1. The Hall–Kier alpha value is -1.69. The molecular formula is C16H19N3O2S. The average molecular weight is 317 g/mol. The number of rotatable bonds is 2. The third-order valence-electron chi connectivity index (χ3n) is 4.39. The number of oxazole rings is 1. The highest BCUT2D eigenvalue weighted by molar-refractivity contribution is 7.99. The van der Waals surface area contributed by atoms with Crippen LogP contribution in [-0.4, -0.2) is 53.0 Å². The quantitative estimate of drug-likeness (QED) is 0.851. The minimum Gasteiger partial charge on any atom is -0.423 e. The van der Waals surface area contributed by atoms with Gasteiger partial charge < -0.3 is 14.2 Å². The summed E-state index contributed by atoms with van der Waals surface area (Å²) in [6, 6.07) is 8.22. The molecule has 0 unspecified atom stereocenters. The summed E-state index contributed by atoms with van der Waals surface area (Å²) in [5, 5.41) is 0. The van der Waals surface area contributed by atoms with Crippen LogP contribution < -0.4 is 4.90 Å². The molecule has 2 aliphatic heterocycles. The predicted octanol–water partition coefficient (Wildman–Crippen LogP) is 2.37. The summed E-state index contributed by atoms with van der Waals surface area (Å²) in [5.41, 5.74) is 1.63. The first-order chi connectivity index (χ1) is 10.8. The van der Waals surface area contributed by atoms with Crippen LogP contribution in [0.4, 0.5) is 6.01 Å². The molecule has 0 spiro atoms. The van der Waals surface area contributed by atoms with Crippen molar-refractivity contribution in [2.45, 2.75) is 18.9 Å². The van der Waals surface area contributed by atoms with Gasteiger partial charge in [0.05, 0.1) is 0 Å². The fraction of sp³-hybridized carbons (Fsp3) is 0.500. The van der Waals surface area contributed by atoms with Crippen molar-refractivity contribution in [1.29, 1.82) is 0 Å². The van der Waals surface area contributed by atoms with E-state index in [0.717, 1.165) is 55.1 Å². The molecule has 2 aromatic rings. The van der Waals surface area contributed by atoms with Gasteiger partial charge in [0.15, 0.2) is 5.58 Å². The number of fused-ring (bicyclic) bond motifs is 1. The predicted molar refractivity (Wildman–Crippen MR) is 88.3 cm³/mol. The Labute approximate surface area is 133 Å². The normalized spacial score (nSPS) is 22.5. The van der Waals surface area contributed by atoms with E-state index in [1.165, 1.54) is 0 Å². The Morgan fingerprint density at radius 3 is 2.86 bits per heavy atom. The zero-order valence-corrected chi connectivity index (χ0v) is 13.2. The first-order valence-electron chi connectivity index (χ1n) is 7.82. The largest absolute Gasteiger partial charge is 0.423 e. The summed E-state index contributed by atoms with van der Waals surface area (Å²) in [5.74, 6) is 2.32. The fourth-order valence-electron chi connectivity index (χ4n) is 3.23. The molecule has 1 amide bonds. The summed E-state index contributed by atoms with van der Waals surface area (Å²) in [7, 11) is 0. The van der Waals surface area contributed by atoms with Crippen molar-refractivity contribution >= 4 is 34.8 Å². The molecule has 1 aromatic heterocycles. The highest BCUT2D eigenvalue weighted by atomic mass is 32.2. The Kier molecular flexibility index (Phi) is 3.70. The van der Waals surface area contributed by atoms with Crippen molar-refractivity contribution in [2.24, 2.45) is 0 Å². The molecule has 0 saturated carbocycles. The van der Waals surface area contributed by atoms with Crippen molar-refractivity contribution < 1.29 is 9.21 Å². The molecule has 116 valence electrons. The van der Waals surface area contributed by atoms with E-state index >= 15 is 0 Å². The maximum atomic E-state index is 12.8. The first kappa shape index (κ1) is 13.9. The molecule has 2 saturated heterocycles. The minimum atomic E-state index is -0.115. The van der Waals surface area contributed by atoms with E-state index in [-0.39, 0.29) is 11.9 Å². The van der Waals surface area contributed by atoms with E-state index in [1.54, 1.807) is 0 Å². The molecule has 1 aromatic carbocycles. The zero-order chi connectivity index (χ0) is 14.9. The molecule has 0 aliphatic carbocycles. The fourth-order valence-corrected chi connectivity index (χ4v) is 4.13. The monoisotopic (exact) mass is 317 g/mol. The molecular weight excluding hydrogens is 298 g/mol. The second kappa shape index (κ2) is 5.83. The van der Waals surface area contributed by atoms with Gasteiger partial charge in [0.2, 0.25) is 5.91 Å². The lowest BCUT2D eigenvalue weighted by atomic mass is 10.2. The molecule has 2 aliphatic rings. The van der Waals surface area contributed by atoms with Crippen molar-refractivity contribution in [2.75, 3.05) is 36.0 Å². The van der Waals surface area contributed by atoms with Crippen molar-refractivity contribution in [1.82, 2.24) is 9.88 Å². The van der Waals surface area contributed by atoms with E-state index in [9.17, 15) is 4.79 Å². The van der Waals surface area contributed by atoms with Gasteiger partial charge >= 0.3 is 0 Å². The van der Waals surface area contributed by atoms with Crippen LogP contribution in [0.15, 0.2) is 28.7 Å². The number of thioether (sulfide) groups is 1. The second-order valence-electron chi connectivity index (χ2n) is 5.75. The standard InChI is InChI=1S/C16H19N3O2S/c20-15(18-8-10-22-11-9-18)13-5-3-7-19(13)16-17-12-4-1-2-6-14(12)21-16/h1-2,4,6,13H,3,5,7-11H2/t13-/m0/s1. The number of anilines is 1. The highest BCUT2D eigenvalue weighted by Crippen LogP contribution is 2.29. The number of benzene rings is 1. The van der Waals surface area contributed by atoms with Gasteiger partial charge in [0.25, 0.3) is 6.01 Å². The third-order valence-corrected chi connectivity index (χ3v) is 5.33. The zero-order valence-electron chi connectivity index (χ0n) is 12.4. The Morgan fingerprint density at radius 1 is 1.23 bits per heavy atom. The molecule has 1 atom stereocenters. The lowest BCUT2D eigenvalue weighted by Gasteiger charge is -2.31. The number of para-hydroxylation sites is 2. The van der Waals surface area contributed by atoms with E-state index in [4.69, 9.17) is 4.42 Å². The van der Waals surface area contributed by atoms with Gasteiger partial charge in [-0.25, -0.2) is 0 Å². The first-order valence-corrected chi connectivity index (χ1v) is 8.97. The number of carbonyl (C=O) groups is 1. The van der Waals surface area contributed by atoms with Crippen molar-refractivity contribution in [3.05, 3.63) is 24.3 Å². The number of nitrogens with zero attached hydrogens (tertiary/aromatic N) is 3. The Bertz CT molecular complexity index is 648. The highest BCUT2D eigenvalue weighted by Gasteiger charge is 2.36. The molecule has 0 bridgehead atoms. The summed E-state index contributed by atoms with van der Waals surface area (Å²) < 4.78 is 5.86. The third kappa shape index (κ3) is 2.45. The molecule has 0 radical (unpaired) electrons. The molecule has 4 rings (SSSR count). The van der Waals surface area contributed by atoms with E-state index in [1.807, 2.05) is 45.8 Å². The van der Waals surface area contributed by atoms with Gasteiger partial charge in [-0.2, -0.15) is 16.7 Å². The van der Waals surface area contributed by atoms with Crippen LogP contribution in [0.25, 0.3) is 11.1 Å². The molecule has 3 heterocycles. The van der Waals surface area contributed by atoms with Crippen LogP contribution in [0, 0.1) is 0 Å². The topological polar surface area (TPSA) is 49.6 Å². The number of hydrogen-bond donors (Lipinski definition) is 0. The summed E-state index contributed by atoms with van der Waals surface area (Å²) in [6.45, 7) is 2.56. The van der Waals surface area contributed by atoms with Crippen LogP contribution in [0.3, 0.4) is 0 Å². The number of hydrogen-bond acceptors (Lipinski definition) is 5. The number of amides is 1. The Morgan fingerprint density at radius 2 is 2.05 bits per heavy atom. The van der Waals surface area contributed by atoms with E-state index in [2.05, 4.69) is 4.98 Å². The summed E-state index contributed by atoms with van der Waals surface area (Å²) in [6.07, 6.45) is 1.90. The van der Waals surface area contributed by atoms with Gasteiger partial charge in [0, 0.05) is 31.1 Å². The SMILES string of the molecule is O=C([C@@H]1CCCN1c1nc2ccccc2o1)N1CCSCC1. The molecule has 0 N–H and O–H groups in total. The van der Waals surface area contributed by atoms with E-state index in [0.29, 0.717) is 6.01 Å². The van der Waals surface area contributed by atoms with E-state index < -0.39 is 0 Å². The molecule has 5 nitrogen and oxygen atoms in total. The maximum absolute atomic E-state index is 12.8. The van der Waals surface area contributed by atoms with Gasteiger partial charge in [-0.1, -0.05) is 12.1 Å². The van der Waals surface area contributed by atoms with Gasteiger partial charge in [0.1, 0.15) is 11.6 Å². The molecule has 6 heteroatoms. The van der Waals surface area contributed by atoms with Gasteiger partial charge in [-0.15, -0.1) is 0 Å². The molecule has 2 fully saturated rings. The van der Waals surface area contributed by atoms with Gasteiger partial charge in [-0.3, -0.25) is 4.79 Å². The van der Waals surface area contributed by atoms with Crippen LogP contribution in [0.5, 0.6) is 0 Å². The van der Waals surface area contributed by atoms with Crippen LogP contribution >= 0.6 is 11.8 Å². The minimum absolute atomic E-state index is 0.115.